The SMILES string of the molecule is Cc1nc(CC(C)C)ccc1C(=O)Oc1ccc(O)cc1. The van der Waals surface area contributed by atoms with E-state index in [9.17, 15) is 9.90 Å². The van der Waals surface area contributed by atoms with Crippen molar-refractivity contribution in [1.82, 2.24) is 4.98 Å². The van der Waals surface area contributed by atoms with Crippen LogP contribution >= 0.6 is 0 Å². The molecule has 1 N–H and O–H groups in total. The molecule has 0 atom stereocenters. The Bertz CT molecular complexity index is 633. The maximum Gasteiger partial charge on any atom is 0.345 e. The Labute approximate surface area is 124 Å². The molecule has 0 saturated carbocycles. The molecule has 2 aromatic rings. The third-order valence-corrected chi connectivity index (χ3v) is 3.03. The van der Waals surface area contributed by atoms with Crippen molar-refractivity contribution in [3.05, 3.63) is 53.3 Å². The van der Waals surface area contributed by atoms with Crippen molar-refractivity contribution in [3.63, 3.8) is 0 Å². The minimum absolute atomic E-state index is 0.130. The molecule has 1 heterocycles. The van der Waals surface area contributed by atoms with E-state index in [1.165, 1.54) is 12.1 Å². The van der Waals surface area contributed by atoms with Crippen LogP contribution in [0.4, 0.5) is 0 Å². The van der Waals surface area contributed by atoms with E-state index in [1.54, 1.807) is 25.1 Å². The Morgan fingerprint density at radius 2 is 1.86 bits per heavy atom. The average Bonchev–Trinajstić information content (AvgIpc) is 2.40. The van der Waals surface area contributed by atoms with Crippen molar-refractivity contribution < 1.29 is 14.6 Å². The number of esters is 1. The second-order valence-electron chi connectivity index (χ2n) is 5.42. The maximum absolute atomic E-state index is 12.1. The molecule has 0 spiro atoms. The highest BCUT2D eigenvalue weighted by molar-refractivity contribution is 5.92. The van der Waals surface area contributed by atoms with Gasteiger partial charge >= 0.3 is 5.97 Å². The smallest absolute Gasteiger partial charge is 0.345 e. The number of hydrogen-bond donors (Lipinski definition) is 1. The molecule has 0 radical (unpaired) electrons. The average molecular weight is 285 g/mol. The molecule has 4 nitrogen and oxygen atoms in total. The van der Waals surface area contributed by atoms with Crippen LogP contribution in [0.1, 0.15) is 35.6 Å². The highest BCUT2D eigenvalue weighted by Gasteiger charge is 2.13. The van der Waals surface area contributed by atoms with Gasteiger partial charge < -0.3 is 9.84 Å². The normalized spacial score (nSPS) is 10.7. The zero-order chi connectivity index (χ0) is 15.4. The van der Waals surface area contributed by atoms with E-state index in [2.05, 4.69) is 18.8 Å². The van der Waals surface area contributed by atoms with E-state index in [4.69, 9.17) is 4.74 Å². The van der Waals surface area contributed by atoms with Crippen LogP contribution in [0.5, 0.6) is 11.5 Å². The number of aromatic hydroxyl groups is 1. The first kappa shape index (κ1) is 15.0. The molecule has 0 aliphatic carbocycles. The van der Waals surface area contributed by atoms with Gasteiger partial charge in [-0.15, -0.1) is 0 Å². The minimum atomic E-state index is -0.443. The number of carbonyl (C=O) groups excluding carboxylic acids is 1. The summed E-state index contributed by atoms with van der Waals surface area (Å²) in [5.74, 6) is 0.600. The van der Waals surface area contributed by atoms with E-state index < -0.39 is 5.97 Å². The highest BCUT2D eigenvalue weighted by Crippen LogP contribution is 2.18. The number of ether oxygens (including phenoxy) is 1. The summed E-state index contributed by atoms with van der Waals surface area (Å²) in [6.45, 7) is 6.06. The fraction of sp³-hybridized carbons (Fsp3) is 0.294. The number of aryl methyl sites for hydroxylation is 1. The van der Waals surface area contributed by atoms with Gasteiger partial charge in [0.1, 0.15) is 11.5 Å². The summed E-state index contributed by atoms with van der Waals surface area (Å²) >= 11 is 0. The molecule has 0 saturated heterocycles. The van der Waals surface area contributed by atoms with Gasteiger partial charge in [-0.1, -0.05) is 13.8 Å². The number of rotatable bonds is 4. The molecule has 0 amide bonds. The molecule has 0 aliphatic rings. The molecule has 21 heavy (non-hydrogen) atoms. The van der Waals surface area contributed by atoms with Crippen molar-refractivity contribution in [2.45, 2.75) is 27.2 Å². The Hall–Kier alpha value is -2.36. The summed E-state index contributed by atoms with van der Waals surface area (Å²) in [6.07, 6.45) is 0.883. The van der Waals surface area contributed by atoms with Crippen LogP contribution in [0, 0.1) is 12.8 Å². The Kier molecular flexibility index (Phi) is 4.58. The van der Waals surface area contributed by atoms with E-state index in [0.717, 1.165) is 12.1 Å². The van der Waals surface area contributed by atoms with Crippen molar-refractivity contribution in [1.29, 1.82) is 0 Å². The van der Waals surface area contributed by atoms with Gasteiger partial charge in [-0.05, 0) is 55.7 Å². The monoisotopic (exact) mass is 285 g/mol. The number of phenolic OH excluding ortho intramolecular Hbond substituents is 1. The molecule has 2 rings (SSSR count). The van der Waals surface area contributed by atoms with Crippen LogP contribution in [0.25, 0.3) is 0 Å². The van der Waals surface area contributed by atoms with Gasteiger partial charge in [-0.3, -0.25) is 4.98 Å². The fourth-order valence-electron chi connectivity index (χ4n) is 2.04. The van der Waals surface area contributed by atoms with E-state index in [1.807, 2.05) is 6.07 Å². The largest absolute Gasteiger partial charge is 0.508 e. The molecule has 4 heteroatoms. The summed E-state index contributed by atoms with van der Waals surface area (Å²) in [4.78, 5) is 16.6. The van der Waals surface area contributed by atoms with Gasteiger partial charge in [0.15, 0.2) is 0 Å². The van der Waals surface area contributed by atoms with Crippen molar-refractivity contribution in [2.24, 2.45) is 5.92 Å². The first-order valence-corrected chi connectivity index (χ1v) is 6.93. The number of hydrogen-bond acceptors (Lipinski definition) is 4. The number of aromatic nitrogens is 1. The van der Waals surface area contributed by atoms with E-state index in [-0.39, 0.29) is 5.75 Å². The molecule has 1 aromatic carbocycles. The standard InChI is InChI=1S/C17H19NO3/c1-11(2)10-13-4-9-16(12(3)18-13)17(20)21-15-7-5-14(19)6-8-15/h4-9,11,19H,10H2,1-3H3. The highest BCUT2D eigenvalue weighted by atomic mass is 16.5. The first-order chi connectivity index (χ1) is 9.95. The van der Waals surface area contributed by atoms with E-state index in [0.29, 0.717) is 22.9 Å². The van der Waals surface area contributed by atoms with E-state index >= 15 is 0 Å². The molecular weight excluding hydrogens is 266 g/mol. The second kappa shape index (κ2) is 6.39. The molecule has 0 unspecified atom stereocenters. The van der Waals surface area contributed by atoms with Gasteiger partial charge in [0.05, 0.1) is 11.3 Å². The van der Waals surface area contributed by atoms with Crippen LogP contribution in [0.3, 0.4) is 0 Å². The summed E-state index contributed by atoms with van der Waals surface area (Å²) in [5, 5.41) is 9.20. The number of phenols is 1. The lowest BCUT2D eigenvalue weighted by Gasteiger charge is -2.09. The molecule has 0 bridgehead atoms. The molecule has 0 fully saturated rings. The fourth-order valence-corrected chi connectivity index (χ4v) is 2.04. The lowest BCUT2D eigenvalue weighted by molar-refractivity contribution is 0.0733. The van der Waals surface area contributed by atoms with Crippen molar-refractivity contribution >= 4 is 5.97 Å². The Morgan fingerprint density at radius 1 is 1.19 bits per heavy atom. The number of carbonyl (C=O) groups is 1. The minimum Gasteiger partial charge on any atom is -0.508 e. The summed E-state index contributed by atoms with van der Waals surface area (Å²) in [5.41, 5.74) is 2.09. The Balaban J connectivity index is 2.13. The van der Waals surface area contributed by atoms with Gasteiger partial charge in [0, 0.05) is 5.69 Å². The zero-order valence-electron chi connectivity index (χ0n) is 12.5. The molecule has 0 aliphatic heterocycles. The third kappa shape index (κ3) is 4.05. The topological polar surface area (TPSA) is 59.4 Å². The molecular formula is C17H19NO3. The predicted octanol–water partition coefficient (Wildman–Crippen LogP) is 3.51. The summed E-state index contributed by atoms with van der Waals surface area (Å²) < 4.78 is 5.27. The quantitative estimate of drug-likeness (QED) is 0.690. The van der Waals surface area contributed by atoms with Crippen LogP contribution in [0.2, 0.25) is 0 Å². The maximum atomic E-state index is 12.1. The van der Waals surface area contributed by atoms with Crippen LogP contribution < -0.4 is 4.74 Å². The lowest BCUT2D eigenvalue weighted by atomic mass is 10.1. The third-order valence-electron chi connectivity index (χ3n) is 3.03. The number of nitrogens with zero attached hydrogens (tertiary/aromatic N) is 1. The Morgan fingerprint density at radius 3 is 2.43 bits per heavy atom. The van der Waals surface area contributed by atoms with Crippen LogP contribution in [0.15, 0.2) is 36.4 Å². The van der Waals surface area contributed by atoms with Crippen molar-refractivity contribution in [2.75, 3.05) is 0 Å². The van der Waals surface area contributed by atoms with Crippen molar-refractivity contribution in [3.8, 4) is 11.5 Å². The second-order valence-corrected chi connectivity index (χ2v) is 5.42. The molecule has 110 valence electrons. The van der Waals surface area contributed by atoms with Gasteiger partial charge in [-0.25, -0.2) is 4.79 Å². The van der Waals surface area contributed by atoms with Crippen LogP contribution in [-0.2, 0) is 6.42 Å². The first-order valence-electron chi connectivity index (χ1n) is 6.93. The zero-order valence-corrected chi connectivity index (χ0v) is 12.5. The summed E-state index contributed by atoms with van der Waals surface area (Å²) in [6, 6.07) is 9.65. The summed E-state index contributed by atoms with van der Waals surface area (Å²) in [7, 11) is 0. The van der Waals surface area contributed by atoms with Crippen LogP contribution in [-0.4, -0.2) is 16.1 Å². The van der Waals surface area contributed by atoms with Gasteiger partial charge in [0.2, 0.25) is 0 Å². The van der Waals surface area contributed by atoms with Gasteiger partial charge in [0.25, 0.3) is 0 Å². The number of pyridine rings is 1. The number of benzene rings is 1. The predicted molar refractivity (Wildman–Crippen MR) is 80.6 cm³/mol. The molecule has 1 aromatic heterocycles. The van der Waals surface area contributed by atoms with Gasteiger partial charge in [-0.2, -0.15) is 0 Å². The lowest BCUT2D eigenvalue weighted by Crippen LogP contribution is -2.12.